The van der Waals surface area contributed by atoms with Crippen molar-refractivity contribution >= 4 is 17.5 Å². The topological polar surface area (TPSA) is 67.4 Å². The van der Waals surface area contributed by atoms with Crippen molar-refractivity contribution in [2.75, 3.05) is 11.9 Å². The van der Waals surface area contributed by atoms with E-state index in [2.05, 4.69) is 17.6 Å². The summed E-state index contributed by atoms with van der Waals surface area (Å²) < 4.78 is 5.95. The van der Waals surface area contributed by atoms with E-state index in [0.29, 0.717) is 30.0 Å². The van der Waals surface area contributed by atoms with Gasteiger partial charge in [-0.25, -0.2) is 0 Å². The summed E-state index contributed by atoms with van der Waals surface area (Å²) in [7, 11) is 0. The minimum absolute atomic E-state index is 0.187. The number of hydrogen-bond donors (Lipinski definition) is 2. The molecule has 0 unspecified atom stereocenters. The number of ether oxygens (including phenoxy) is 1. The molecule has 0 aliphatic heterocycles. The Bertz CT molecular complexity index is 817. The first kappa shape index (κ1) is 21.5. The lowest BCUT2D eigenvalue weighted by atomic mass is 10.1. The zero-order chi connectivity index (χ0) is 20.5. The molecule has 2 aromatic rings. The number of rotatable bonds is 9. The summed E-state index contributed by atoms with van der Waals surface area (Å²) in [5.74, 6) is 0.238. The highest BCUT2D eigenvalue weighted by atomic mass is 16.5. The molecule has 2 amide bonds. The molecule has 0 aliphatic rings. The van der Waals surface area contributed by atoms with Gasteiger partial charge in [-0.3, -0.25) is 9.59 Å². The number of anilines is 1. The molecule has 0 saturated heterocycles. The second-order valence-electron chi connectivity index (χ2n) is 6.93. The summed E-state index contributed by atoms with van der Waals surface area (Å²) >= 11 is 0. The Morgan fingerprint density at radius 2 is 1.82 bits per heavy atom. The molecule has 0 aliphatic carbocycles. The lowest BCUT2D eigenvalue weighted by Crippen LogP contribution is -2.33. The smallest absolute Gasteiger partial charge is 0.265 e. The molecule has 0 fully saturated rings. The normalized spacial score (nSPS) is 11.6. The molecule has 2 N–H and O–H groups in total. The first-order valence-corrected chi connectivity index (χ1v) is 9.88. The summed E-state index contributed by atoms with van der Waals surface area (Å²) in [4.78, 5) is 25.2. The lowest BCUT2D eigenvalue weighted by molar-refractivity contribution is -0.122. The first-order valence-electron chi connectivity index (χ1n) is 9.88. The van der Waals surface area contributed by atoms with Crippen LogP contribution in [0, 0.1) is 13.8 Å². The maximum atomic E-state index is 12.8. The molecule has 2 aromatic carbocycles. The molecule has 1 atom stereocenters. The van der Waals surface area contributed by atoms with Crippen LogP contribution >= 0.6 is 0 Å². The first-order chi connectivity index (χ1) is 13.5. The fraction of sp³-hybridized carbons (Fsp3) is 0.391. The van der Waals surface area contributed by atoms with Crippen LogP contribution in [0.15, 0.2) is 42.5 Å². The Kier molecular flexibility index (Phi) is 8.05. The van der Waals surface area contributed by atoms with E-state index >= 15 is 0 Å². The van der Waals surface area contributed by atoms with Gasteiger partial charge in [0.05, 0.1) is 11.3 Å². The number of unbranched alkanes of at least 4 members (excludes halogenated alkanes) is 1. The van der Waals surface area contributed by atoms with E-state index < -0.39 is 6.10 Å². The van der Waals surface area contributed by atoms with Crippen molar-refractivity contribution in [1.82, 2.24) is 5.32 Å². The van der Waals surface area contributed by atoms with Gasteiger partial charge in [0.15, 0.2) is 6.10 Å². The third kappa shape index (κ3) is 5.84. The van der Waals surface area contributed by atoms with Crippen LogP contribution in [0.1, 0.15) is 54.6 Å². The molecule has 0 aromatic heterocycles. The summed E-state index contributed by atoms with van der Waals surface area (Å²) in [6, 6.07) is 12.9. The van der Waals surface area contributed by atoms with Crippen LogP contribution in [-0.2, 0) is 4.79 Å². The third-order valence-corrected chi connectivity index (χ3v) is 4.51. The number of amides is 2. The maximum Gasteiger partial charge on any atom is 0.265 e. The van der Waals surface area contributed by atoms with E-state index in [1.54, 1.807) is 24.3 Å². The van der Waals surface area contributed by atoms with E-state index in [-0.39, 0.29) is 11.8 Å². The second-order valence-corrected chi connectivity index (χ2v) is 6.93. The third-order valence-electron chi connectivity index (χ3n) is 4.51. The van der Waals surface area contributed by atoms with Gasteiger partial charge in [-0.1, -0.05) is 50.1 Å². The Morgan fingerprint density at radius 1 is 1.07 bits per heavy atom. The molecular formula is C23H30N2O3. The predicted octanol–water partition coefficient (Wildman–Crippen LogP) is 4.63. The molecule has 5 nitrogen and oxygen atoms in total. The van der Waals surface area contributed by atoms with E-state index in [0.717, 1.165) is 24.0 Å². The standard InChI is InChI=1S/C23H30N2O3/c1-5-7-14-24-22(26)18-10-8-9-11-19(18)25-23(27)20(6-2)28-21-13-12-16(3)15-17(21)4/h8-13,15,20H,5-7,14H2,1-4H3,(H,24,26)(H,25,27)/t20-/m0/s1. The van der Waals surface area contributed by atoms with Crippen molar-refractivity contribution in [3.05, 3.63) is 59.2 Å². The van der Waals surface area contributed by atoms with Gasteiger partial charge >= 0.3 is 0 Å². The SMILES string of the molecule is CCCCNC(=O)c1ccccc1NC(=O)[C@H](CC)Oc1ccc(C)cc1C. The van der Waals surface area contributed by atoms with Gasteiger partial charge in [0, 0.05) is 6.54 Å². The molecular weight excluding hydrogens is 352 g/mol. The van der Waals surface area contributed by atoms with Crippen molar-refractivity contribution in [3.63, 3.8) is 0 Å². The Labute approximate surface area is 167 Å². The van der Waals surface area contributed by atoms with Crippen LogP contribution in [-0.4, -0.2) is 24.5 Å². The number of benzene rings is 2. The highest BCUT2D eigenvalue weighted by Gasteiger charge is 2.21. The monoisotopic (exact) mass is 382 g/mol. The van der Waals surface area contributed by atoms with Crippen molar-refractivity contribution in [2.45, 2.75) is 53.1 Å². The number of carbonyl (C=O) groups excluding carboxylic acids is 2. The van der Waals surface area contributed by atoms with Crippen molar-refractivity contribution in [3.8, 4) is 5.75 Å². The average Bonchev–Trinajstić information content (AvgIpc) is 2.68. The van der Waals surface area contributed by atoms with E-state index in [9.17, 15) is 9.59 Å². The molecule has 0 heterocycles. The van der Waals surface area contributed by atoms with Crippen LogP contribution in [0.3, 0.4) is 0 Å². The van der Waals surface area contributed by atoms with Crippen molar-refractivity contribution in [2.24, 2.45) is 0 Å². The Morgan fingerprint density at radius 3 is 2.50 bits per heavy atom. The fourth-order valence-electron chi connectivity index (χ4n) is 2.88. The van der Waals surface area contributed by atoms with Gasteiger partial charge in [-0.05, 0) is 50.5 Å². The number of para-hydroxylation sites is 1. The predicted molar refractivity (Wildman–Crippen MR) is 113 cm³/mol. The van der Waals surface area contributed by atoms with Crippen LogP contribution in [0.25, 0.3) is 0 Å². The number of carbonyl (C=O) groups is 2. The van der Waals surface area contributed by atoms with Crippen LogP contribution in [0.2, 0.25) is 0 Å². The van der Waals surface area contributed by atoms with Gasteiger partial charge in [-0.15, -0.1) is 0 Å². The maximum absolute atomic E-state index is 12.8. The highest BCUT2D eigenvalue weighted by molar-refractivity contribution is 6.04. The summed E-state index contributed by atoms with van der Waals surface area (Å²) in [5, 5.41) is 5.75. The minimum atomic E-state index is -0.641. The zero-order valence-corrected chi connectivity index (χ0v) is 17.2. The van der Waals surface area contributed by atoms with Crippen molar-refractivity contribution in [1.29, 1.82) is 0 Å². The highest BCUT2D eigenvalue weighted by Crippen LogP contribution is 2.22. The van der Waals surface area contributed by atoms with Gasteiger partial charge in [0.25, 0.3) is 11.8 Å². The van der Waals surface area contributed by atoms with Gasteiger partial charge in [0.2, 0.25) is 0 Å². The van der Waals surface area contributed by atoms with E-state index in [1.165, 1.54) is 0 Å². The molecule has 28 heavy (non-hydrogen) atoms. The zero-order valence-electron chi connectivity index (χ0n) is 17.2. The molecule has 2 rings (SSSR count). The van der Waals surface area contributed by atoms with Gasteiger partial charge in [-0.2, -0.15) is 0 Å². The van der Waals surface area contributed by atoms with Crippen molar-refractivity contribution < 1.29 is 14.3 Å². The molecule has 0 radical (unpaired) electrons. The number of hydrogen-bond acceptors (Lipinski definition) is 3. The molecule has 5 heteroatoms. The van der Waals surface area contributed by atoms with Crippen LogP contribution < -0.4 is 15.4 Å². The average molecular weight is 383 g/mol. The molecule has 0 spiro atoms. The lowest BCUT2D eigenvalue weighted by Gasteiger charge is -2.20. The molecule has 150 valence electrons. The minimum Gasteiger partial charge on any atom is -0.480 e. The van der Waals surface area contributed by atoms with E-state index in [1.807, 2.05) is 39.0 Å². The Balaban J connectivity index is 2.11. The molecule has 0 saturated carbocycles. The van der Waals surface area contributed by atoms with Crippen LogP contribution in [0.5, 0.6) is 5.75 Å². The van der Waals surface area contributed by atoms with Gasteiger partial charge < -0.3 is 15.4 Å². The summed E-state index contributed by atoms with van der Waals surface area (Å²) in [6.07, 6.45) is 1.80. The van der Waals surface area contributed by atoms with Gasteiger partial charge in [0.1, 0.15) is 5.75 Å². The second kappa shape index (κ2) is 10.5. The van der Waals surface area contributed by atoms with Crippen LogP contribution in [0.4, 0.5) is 5.69 Å². The molecule has 0 bridgehead atoms. The number of aryl methyl sites for hydroxylation is 2. The number of nitrogens with one attached hydrogen (secondary N) is 2. The quantitative estimate of drug-likeness (QED) is 0.621. The summed E-state index contributed by atoms with van der Waals surface area (Å²) in [6.45, 7) is 8.56. The van der Waals surface area contributed by atoms with E-state index in [4.69, 9.17) is 4.74 Å². The Hall–Kier alpha value is -2.82. The fourth-order valence-corrected chi connectivity index (χ4v) is 2.88. The largest absolute Gasteiger partial charge is 0.480 e. The summed E-state index contributed by atoms with van der Waals surface area (Å²) in [5.41, 5.74) is 3.07.